The molecule has 2 amide bonds. The second kappa shape index (κ2) is 10.2. The number of hydrogen-bond acceptors (Lipinski definition) is 6. The summed E-state index contributed by atoms with van der Waals surface area (Å²) >= 11 is 7.21. The number of carbonyl (C=O) groups is 2. The first-order valence-corrected chi connectivity index (χ1v) is 12.1. The van der Waals surface area contributed by atoms with Gasteiger partial charge in [-0.1, -0.05) is 23.7 Å². The van der Waals surface area contributed by atoms with Crippen molar-refractivity contribution in [1.82, 2.24) is 9.29 Å². The Bertz CT molecular complexity index is 1210. The molecule has 32 heavy (non-hydrogen) atoms. The van der Waals surface area contributed by atoms with E-state index in [-0.39, 0.29) is 17.3 Å². The van der Waals surface area contributed by atoms with E-state index in [0.717, 1.165) is 14.7 Å². The number of nitrogens with zero attached hydrogens (tertiary/aromatic N) is 2. The van der Waals surface area contributed by atoms with Crippen LogP contribution in [-0.4, -0.2) is 43.1 Å². The predicted octanol–water partition coefficient (Wildman–Crippen LogP) is 3.60. The SMILES string of the molecule is CC(=O)Nc1ccc(S(=O)(=O)N(C)CC(=O)Nc2ncc(Cc3ccc(Cl)cc3)s2)cc1. The number of hydrogen-bond donors (Lipinski definition) is 2. The predicted molar refractivity (Wildman–Crippen MR) is 126 cm³/mol. The minimum Gasteiger partial charge on any atom is -0.326 e. The second-order valence-electron chi connectivity index (χ2n) is 6.95. The van der Waals surface area contributed by atoms with Crippen LogP contribution in [-0.2, 0) is 26.0 Å². The number of sulfonamides is 1. The molecular weight excluding hydrogens is 472 g/mol. The van der Waals surface area contributed by atoms with Gasteiger partial charge in [0.25, 0.3) is 0 Å². The minimum atomic E-state index is -3.88. The molecule has 1 aromatic heterocycles. The fourth-order valence-electron chi connectivity index (χ4n) is 2.79. The normalized spacial score (nSPS) is 11.4. The minimum absolute atomic E-state index is 0.0152. The molecule has 0 saturated carbocycles. The monoisotopic (exact) mass is 492 g/mol. The Morgan fingerprint density at radius 3 is 2.34 bits per heavy atom. The molecule has 8 nitrogen and oxygen atoms in total. The lowest BCUT2D eigenvalue weighted by Crippen LogP contribution is -2.34. The lowest BCUT2D eigenvalue weighted by Gasteiger charge is -2.16. The van der Waals surface area contributed by atoms with Crippen LogP contribution in [0.15, 0.2) is 59.6 Å². The van der Waals surface area contributed by atoms with Gasteiger partial charge in [-0.3, -0.25) is 9.59 Å². The number of aromatic nitrogens is 1. The molecule has 11 heteroatoms. The van der Waals surface area contributed by atoms with Crippen molar-refractivity contribution in [2.45, 2.75) is 18.2 Å². The Kier molecular flexibility index (Phi) is 7.62. The van der Waals surface area contributed by atoms with Gasteiger partial charge >= 0.3 is 0 Å². The van der Waals surface area contributed by atoms with Gasteiger partial charge in [-0.25, -0.2) is 13.4 Å². The van der Waals surface area contributed by atoms with E-state index in [1.807, 2.05) is 24.3 Å². The van der Waals surface area contributed by atoms with Gasteiger partial charge in [0.15, 0.2) is 5.13 Å². The second-order valence-corrected chi connectivity index (χ2v) is 10.5. The van der Waals surface area contributed by atoms with E-state index in [0.29, 0.717) is 22.3 Å². The number of benzene rings is 2. The van der Waals surface area contributed by atoms with Crippen molar-refractivity contribution in [2.24, 2.45) is 0 Å². The number of amides is 2. The van der Waals surface area contributed by atoms with Crippen LogP contribution in [0.3, 0.4) is 0 Å². The Morgan fingerprint density at radius 1 is 1.06 bits per heavy atom. The van der Waals surface area contributed by atoms with Crippen LogP contribution in [0.4, 0.5) is 10.8 Å². The van der Waals surface area contributed by atoms with Crippen molar-refractivity contribution in [3.8, 4) is 0 Å². The molecule has 0 radical (unpaired) electrons. The maximum absolute atomic E-state index is 12.7. The maximum atomic E-state index is 12.7. The summed E-state index contributed by atoms with van der Waals surface area (Å²) in [5.74, 6) is -0.758. The van der Waals surface area contributed by atoms with Gasteiger partial charge in [-0.15, -0.1) is 11.3 Å². The number of likely N-dealkylation sites (N-methyl/N-ethyl adjacent to an activating group) is 1. The summed E-state index contributed by atoms with van der Waals surface area (Å²) in [6, 6.07) is 13.2. The van der Waals surface area contributed by atoms with Crippen molar-refractivity contribution in [2.75, 3.05) is 24.2 Å². The van der Waals surface area contributed by atoms with E-state index in [2.05, 4.69) is 15.6 Å². The van der Waals surface area contributed by atoms with Crippen LogP contribution in [0.25, 0.3) is 0 Å². The summed E-state index contributed by atoms with van der Waals surface area (Å²) in [7, 11) is -2.55. The number of anilines is 2. The maximum Gasteiger partial charge on any atom is 0.243 e. The van der Waals surface area contributed by atoms with Gasteiger partial charge in [0.05, 0.1) is 11.4 Å². The highest BCUT2D eigenvalue weighted by atomic mass is 35.5. The Hall–Kier alpha value is -2.79. The van der Waals surface area contributed by atoms with Crippen molar-refractivity contribution in [3.63, 3.8) is 0 Å². The molecule has 1 heterocycles. The summed E-state index contributed by atoms with van der Waals surface area (Å²) in [6.45, 7) is 0.988. The summed E-state index contributed by atoms with van der Waals surface area (Å²) in [5, 5.41) is 6.26. The number of thiazole rings is 1. The van der Waals surface area contributed by atoms with Gasteiger partial charge in [0.2, 0.25) is 21.8 Å². The van der Waals surface area contributed by atoms with E-state index < -0.39 is 15.9 Å². The molecule has 0 spiro atoms. The summed E-state index contributed by atoms with van der Waals surface area (Å²) < 4.78 is 26.4. The molecule has 0 aliphatic carbocycles. The first kappa shape index (κ1) is 23.9. The molecule has 2 aromatic carbocycles. The average Bonchev–Trinajstić information content (AvgIpc) is 3.16. The van der Waals surface area contributed by atoms with Crippen LogP contribution in [0.2, 0.25) is 5.02 Å². The van der Waals surface area contributed by atoms with Gasteiger partial charge < -0.3 is 10.6 Å². The lowest BCUT2D eigenvalue weighted by molar-refractivity contribution is -0.116. The quantitative estimate of drug-likeness (QED) is 0.499. The third kappa shape index (κ3) is 6.36. The highest BCUT2D eigenvalue weighted by Gasteiger charge is 2.23. The van der Waals surface area contributed by atoms with Crippen molar-refractivity contribution >= 4 is 55.6 Å². The summed E-state index contributed by atoms with van der Waals surface area (Å²) in [6.07, 6.45) is 2.32. The van der Waals surface area contributed by atoms with Crippen molar-refractivity contribution in [1.29, 1.82) is 0 Å². The number of halogens is 1. The van der Waals surface area contributed by atoms with Crippen LogP contribution >= 0.6 is 22.9 Å². The third-order valence-corrected chi connectivity index (χ3v) is 7.32. The Labute approximate surface area is 195 Å². The van der Waals surface area contributed by atoms with Gasteiger partial charge in [-0.2, -0.15) is 4.31 Å². The molecule has 3 aromatic rings. The standard InChI is InChI=1S/C21H21ClN4O4S2/c1-14(27)24-17-7-9-19(10-8-17)32(29,30)26(2)13-20(28)25-21-23-12-18(31-21)11-15-3-5-16(22)6-4-15/h3-10,12H,11,13H2,1-2H3,(H,24,27)(H,23,25,28). The summed E-state index contributed by atoms with van der Waals surface area (Å²) in [4.78, 5) is 28.6. The number of carbonyl (C=O) groups excluding carboxylic acids is 2. The topological polar surface area (TPSA) is 108 Å². The van der Waals surface area contributed by atoms with Crippen LogP contribution in [0.1, 0.15) is 17.4 Å². The molecule has 2 N–H and O–H groups in total. The molecule has 168 valence electrons. The Morgan fingerprint density at radius 2 is 1.72 bits per heavy atom. The average molecular weight is 493 g/mol. The first-order valence-electron chi connectivity index (χ1n) is 9.46. The Balaban J connectivity index is 1.58. The highest BCUT2D eigenvalue weighted by Crippen LogP contribution is 2.22. The fourth-order valence-corrected chi connectivity index (χ4v) is 4.91. The molecule has 0 unspecified atom stereocenters. The zero-order valence-electron chi connectivity index (χ0n) is 17.3. The van der Waals surface area contributed by atoms with E-state index in [9.17, 15) is 18.0 Å². The largest absolute Gasteiger partial charge is 0.326 e. The zero-order chi connectivity index (χ0) is 23.3. The number of rotatable bonds is 8. The van der Waals surface area contributed by atoms with E-state index in [4.69, 9.17) is 11.6 Å². The smallest absolute Gasteiger partial charge is 0.243 e. The highest BCUT2D eigenvalue weighted by molar-refractivity contribution is 7.89. The summed E-state index contributed by atoms with van der Waals surface area (Å²) in [5.41, 5.74) is 1.54. The third-order valence-electron chi connectivity index (χ3n) is 4.34. The van der Waals surface area contributed by atoms with Gasteiger partial charge in [-0.05, 0) is 42.0 Å². The van der Waals surface area contributed by atoms with Gasteiger partial charge in [0.1, 0.15) is 0 Å². The fraction of sp³-hybridized carbons (Fsp3) is 0.190. The number of nitrogens with one attached hydrogen (secondary N) is 2. The van der Waals surface area contributed by atoms with Crippen LogP contribution in [0.5, 0.6) is 0 Å². The zero-order valence-corrected chi connectivity index (χ0v) is 19.7. The first-order chi connectivity index (χ1) is 15.1. The lowest BCUT2D eigenvalue weighted by atomic mass is 10.1. The van der Waals surface area contributed by atoms with Gasteiger partial charge in [0, 0.05) is 42.2 Å². The van der Waals surface area contributed by atoms with Crippen molar-refractivity contribution < 1.29 is 18.0 Å². The van der Waals surface area contributed by atoms with E-state index >= 15 is 0 Å². The van der Waals surface area contributed by atoms with Crippen LogP contribution < -0.4 is 10.6 Å². The molecule has 0 atom stereocenters. The van der Waals surface area contributed by atoms with Crippen molar-refractivity contribution in [3.05, 3.63) is 70.2 Å². The molecule has 0 aliphatic heterocycles. The van der Waals surface area contributed by atoms with E-state index in [1.165, 1.54) is 49.6 Å². The van der Waals surface area contributed by atoms with Crippen LogP contribution in [0, 0.1) is 0 Å². The molecule has 0 fully saturated rings. The molecule has 0 saturated heterocycles. The molecule has 3 rings (SSSR count). The molecule has 0 aliphatic rings. The molecule has 0 bridgehead atoms. The molecular formula is C21H21ClN4O4S2. The van der Waals surface area contributed by atoms with E-state index in [1.54, 1.807) is 6.20 Å².